The average molecular weight is 491 g/mol. The van der Waals surface area contributed by atoms with E-state index in [9.17, 15) is 36.3 Å². The van der Waals surface area contributed by atoms with Gasteiger partial charge in [-0.05, 0) is 45.9 Å². The van der Waals surface area contributed by atoms with Gasteiger partial charge in [0.25, 0.3) is 0 Å². The molecular formula is C21H25F3N2O6S. The molecule has 8 nitrogen and oxygen atoms in total. The van der Waals surface area contributed by atoms with Gasteiger partial charge in [-0.3, -0.25) is 9.59 Å². The lowest BCUT2D eigenvalue weighted by molar-refractivity contribution is -0.147. The Hall–Kier alpha value is -2.70. The summed E-state index contributed by atoms with van der Waals surface area (Å²) in [5, 5.41) is 9.89. The third-order valence-corrected chi connectivity index (χ3v) is 6.36. The van der Waals surface area contributed by atoms with Crippen LogP contribution in [0.2, 0.25) is 0 Å². The van der Waals surface area contributed by atoms with E-state index in [-0.39, 0.29) is 21.8 Å². The van der Waals surface area contributed by atoms with Gasteiger partial charge >= 0.3 is 12.1 Å². The molecule has 0 unspecified atom stereocenters. The van der Waals surface area contributed by atoms with Gasteiger partial charge in [0.05, 0.1) is 11.0 Å². The maximum Gasteiger partial charge on any atom is 0.406 e. The number of ketones is 1. The summed E-state index contributed by atoms with van der Waals surface area (Å²) in [4.78, 5) is 24.7. The van der Waals surface area contributed by atoms with Crippen LogP contribution in [-0.4, -0.2) is 54.8 Å². The predicted octanol–water partition coefficient (Wildman–Crippen LogP) is 2.43. The van der Waals surface area contributed by atoms with Crippen molar-refractivity contribution in [1.29, 1.82) is 0 Å². The first-order valence-corrected chi connectivity index (χ1v) is 11.3. The first kappa shape index (κ1) is 26.6. The highest BCUT2D eigenvalue weighted by molar-refractivity contribution is 7.89. The largest absolute Gasteiger partial charge is 0.456 e. The number of carbonyl (C=O) groups is 2. The van der Waals surface area contributed by atoms with Crippen LogP contribution in [0.25, 0.3) is 0 Å². The smallest absolute Gasteiger partial charge is 0.406 e. The highest BCUT2D eigenvalue weighted by Crippen LogP contribution is 2.23. The molecule has 1 aromatic heterocycles. The third kappa shape index (κ3) is 6.89. The number of aromatic nitrogens is 1. The van der Waals surface area contributed by atoms with E-state index >= 15 is 0 Å². The number of nitrogens with one attached hydrogen (secondary N) is 1. The van der Waals surface area contributed by atoms with E-state index in [2.05, 4.69) is 0 Å². The Morgan fingerprint density at radius 2 is 1.73 bits per heavy atom. The zero-order valence-electron chi connectivity index (χ0n) is 18.4. The van der Waals surface area contributed by atoms with Crippen molar-refractivity contribution in [2.45, 2.75) is 57.5 Å². The quantitative estimate of drug-likeness (QED) is 0.412. The van der Waals surface area contributed by atoms with E-state index in [4.69, 9.17) is 4.74 Å². The second-order valence-corrected chi connectivity index (χ2v) is 9.38. The van der Waals surface area contributed by atoms with Crippen LogP contribution in [0, 0.1) is 20.8 Å². The first-order valence-electron chi connectivity index (χ1n) is 9.83. The van der Waals surface area contributed by atoms with Gasteiger partial charge in [0.1, 0.15) is 12.6 Å². The fourth-order valence-corrected chi connectivity index (χ4v) is 4.36. The van der Waals surface area contributed by atoms with E-state index in [0.29, 0.717) is 0 Å². The van der Waals surface area contributed by atoms with Gasteiger partial charge in [0.2, 0.25) is 15.8 Å². The standard InChI is InChI=1S/C21H25F3N2O6S/c1-12-5-7-16(8-6-12)33(30,31)25-19(15(4)27)20(29)32-10-18(28)17-9-13(2)26(14(17)3)11-21(22,23)24/h5-9,15,19,25,27H,10-11H2,1-4H3/t15-,19+/m0/s1. The molecule has 1 heterocycles. The highest BCUT2D eigenvalue weighted by Gasteiger charge is 2.33. The third-order valence-electron chi connectivity index (χ3n) is 4.91. The van der Waals surface area contributed by atoms with E-state index in [1.165, 1.54) is 32.0 Å². The van der Waals surface area contributed by atoms with E-state index < -0.39 is 53.2 Å². The second kappa shape index (κ2) is 10.1. The SMILES string of the molecule is Cc1ccc(S(=O)(=O)N[C@@H](C(=O)OCC(=O)c2cc(C)n(CC(F)(F)F)c2C)[C@H](C)O)cc1. The number of sulfonamides is 1. The molecule has 0 amide bonds. The number of esters is 1. The number of aliphatic hydroxyl groups excluding tert-OH is 1. The van der Waals surface area contributed by atoms with Crippen molar-refractivity contribution in [2.75, 3.05) is 6.61 Å². The van der Waals surface area contributed by atoms with Crippen molar-refractivity contribution < 1.29 is 41.0 Å². The Morgan fingerprint density at radius 1 is 1.15 bits per heavy atom. The maximum absolute atomic E-state index is 12.8. The molecule has 0 saturated carbocycles. The molecule has 182 valence electrons. The zero-order valence-corrected chi connectivity index (χ0v) is 19.2. The van der Waals surface area contributed by atoms with Crippen molar-refractivity contribution in [2.24, 2.45) is 0 Å². The molecule has 0 bridgehead atoms. The van der Waals surface area contributed by atoms with Crippen LogP contribution in [0.3, 0.4) is 0 Å². The summed E-state index contributed by atoms with van der Waals surface area (Å²) in [6, 6.07) is 5.30. The molecule has 2 N–H and O–H groups in total. The molecule has 0 aliphatic heterocycles. The zero-order chi connectivity index (χ0) is 25.1. The Kier molecular flexibility index (Phi) is 8.09. The molecular weight excluding hydrogens is 465 g/mol. The van der Waals surface area contributed by atoms with Crippen LogP contribution in [0.1, 0.15) is 34.2 Å². The van der Waals surface area contributed by atoms with Gasteiger partial charge in [-0.2, -0.15) is 17.9 Å². The number of nitrogens with zero attached hydrogens (tertiary/aromatic N) is 1. The normalized spacial score (nSPS) is 14.1. The molecule has 1 aromatic carbocycles. The van der Waals surface area contributed by atoms with E-state index in [1.807, 2.05) is 4.72 Å². The van der Waals surface area contributed by atoms with E-state index in [0.717, 1.165) is 17.1 Å². The number of alkyl halides is 3. The number of benzene rings is 1. The molecule has 0 radical (unpaired) electrons. The van der Waals surface area contributed by atoms with Crippen molar-refractivity contribution in [3.05, 3.63) is 52.8 Å². The Bertz CT molecular complexity index is 1120. The lowest BCUT2D eigenvalue weighted by Crippen LogP contribution is -2.48. The molecule has 2 aromatic rings. The molecule has 0 spiro atoms. The monoisotopic (exact) mass is 490 g/mol. The molecule has 0 aliphatic rings. The number of halogens is 3. The molecule has 0 fully saturated rings. The second-order valence-electron chi connectivity index (χ2n) is 7.67. The summed E-state index contributed by atoms with van der Waals surface area (Å²) in [6.07, 6.45) is -5.98. The van der Waals surface area contributed by atoms with Crippen LogP contribution < -0.4 is 4.72 Å². The Labute approximate surface area is 189 Å². The van der Waals surface area contributed by atoms with Gasteiger partial charge in [-0.15, -0.1) is 0 Å². The number of aryl methyl sites for hydroxylation is 2. The molecule has 33 heavy (non-hydrogen) atoms. The van der Waals surface area contributed by atoms with Crippen LogP contribution in [0.5, 0.6) is 0 Å². The predicted molar refractivity (Wildman–Crippen MR) is 112 cm³/mol. The summed E-state index contributed by atoms with van der Waals surface area (Å²) in [6.45, 7) is 3.55. The van der Waals surface area contributed by atoms with Gasteiger partial charge in [0.15, 0.2) is 6.61 Å². The van der Waals surface area contributed by atoms with Crippen LogP contribution in [-0.2, 0) is 26.1 Å². The lowest BCUT2D eigenvalue weighted by atomic mass is 10.1. The number of ether oxygens (including phenoxy) is 1. The molecule has 2 rings (SSSR count). The van der Waals surface area contributed by atoms with Gasteiger partial charge in [-0.25, -0.2) is 8.42 Å². The molecule has 12 heteroatoms. The maximum atomic E-state index is 12.8. The highest BCUT2D eigenvalue weighted by atomic mass is 32.2. The Morgan fingerprint density at radius 3 is 2.24 bits per heavy atom. The first-order chi connectivity index (χ1) is 15.1. The summed E-state index contributed by atoms with van der Waals surface area (Å²) in [5.41, 5.74) is 1.01. The van der Waals surface area contributed by atoms with Gasteiger partial charge in [-0.1, -0.05) is 17.7 Å². The van der Waals surface area contributed by atoms with Gasteiger partial charge in [0, 0.05) is 17.0 Å². The van der Waals surface area contributed by atoms with Crippen molar-refractivity contribution in [1.82, 2.24) is 9.29 Å². The number of aliphatic hydroxyl groups is 1. The summed E-state index contributed by atoms with van der Waals surface area (Å²) >= 11 is 0. The van der Waals surface area contributed by atoms with Crippen LogP contribution >= 0.6 is 0 Å². The minimum absolute atomic E-state index is 0.0537. The summed E-state index contributed by atoms with van der Waals surface area (Å²) in [7, 11) is -4.19. The van der Waals surface area contributed by atoms with Gasteiger partial charge < -0.3 is 14.4 Å². The minimum atomic E-state index is -4.49. The number of Topliss-reactive ketones (excluding diaryl/α,β-unsaturated/α-hetero) is 1. The molecule has 0 saturated heterocycles. The van der Waals surface area contributed by atoms with E-state index in [1.54, 1.807) is 19.1 Å². The molecule has 0 aliphatic carbocycles. The van der Waals surface area contributed by atoms with Crippen molar-refractivity contribution >= 4 is 21.8 Å². The fourth-order valence-electron chi connectivity index (χ4n) is 3.11. The van der Waals surface area contributed by atoms with Crippen LogP contribution in [0.4, 0.5) is 13.2 Å². The summed E-state index contributed by atoms with van der Waals surface area (Å²) in [5.74, 6) is -1.98. The van der Waals surface area contributed by atoms with Crippen LogP contribution in [0.15, 0.2) is 35.2 Å². The number of hydrogen-bond acceptors (Lipinski definition) is 6. The van der Waals surface area contributed by atoms with Crippen molar-refractivity contribution in [3.8, 4) is 0 Å². The average Bonchev–Trinajstić information content (AvgIpc) is 2.97. The minimum Gasteiger partial charge on any atom is -0.456 e. The topological polar surface area (TPSA) is 115 Å². The molecule has 2 atom stereocenters. The summed E-state index contributed by atoms with van der Waals surface area (Å²) < 4.78 is 71.2. The number of hydrogen-bond donors (Lipinski definition) is 2. The number of rotatable bonds is 9. The lowest BCUT2D eigenvalue weighted by Gasteiger charge is -2.20. The fraction of sp³-hybridized carbons (Fsp3) is 0.429. The Balaban J connectivity index is 2.12. The van der Waals surface area contributed by atoms with Crippen molar-refractivity contribution in [3.63, 3.8) is 0 Å². The number of carbonyl (C=O) groups excluding carboxylic acids is 2.